The lowest BCUT2D eigenvalue weighted by Crippen LogP contribution is -2.40. The molecule has 1 fully saturated rings. The van der Waals surface area contributed by atoms with Gasteiger partial charge in [0.05, 0.1) is 5.69 Å². The zero-order chi connectivity index (χ0) is 18.8. The highest BCUT2D eigenvalue weighted by atomic mass is 15.1. The van der Waals surface area contributed by atoms with E-state index in [0.29, 0.717) is 0 Å². The van der Waals surface area contributed by atoms with E-state index in [0.717, 1.165) is 61.5 Å². The Balaban J connectivity index is 1.94. The zero-order valence-corrected chi connectivity index (χ0v) is 16.9. The van der Waals surface area contributed by atoms with E-state index in [1.807, 2.05) is 18.2 Å². The Labute approximate surface area is 159 Å². The van der Waals surface area contributed by atoms with Crippen LogP contribution in [-0.4, -0.2) is 50.2 Å². The summed E-state index contributed by atoms with van der Waals surface area (Å²) < 4.78 is 0. The van der Waals surface area contributed by atoms with Crippen molar-refractivity contribution in [1.29, 1.82) is 0 Å². The van der Waals surface area contributed by atoms with Crippen LogP contribution >= 0.6 is 0 Å². The Hall–Kier alpha value is -1.68. The highest BCUT2D eigenvalue weighted by molar-refractivity contribution is 6.03. The van der Waals surface area contributed by atoms with E-state index in [9.17, 15) is 0 Å². The average molecular weight is 357 g/mol. The topological polar surface area (TPSA) is 40.0 Å². The van der Waals surface area contributed by atoms with Gasteiger partial charge >= 0.3 is 0 Å². The lowest BCUT2D eigenvalue weighted by atomic mass is 9.87. The number of unbranched alkanes of at least 4 members (excludes halogenated alkanes) is 1. The van der Waals surface area contributed by atoms with Gasteiger partial charge in [0.15, 0.2) is 0 Å². The number of amidine groups is 1. The van der Waals surface area contributed by atoms with Crippen molar-refractivity contribution in [2.24, 2.45) is 15.9 Å². The number of hydrogen-bond acceptors (Lipinski definition) is 3. The molecule has 1 aliphatic carbocycles. The third-order valence-corrected chi connectivity index (χ3v) is 5.48. The smallest absolute Gasteiger partial charge is 0.130 e. The second kappa shape index (κ2) is 11.1. The highest BCUT2D eigenvalue weighted by Gasteiger charge is 2.21. The molecule has 0 bridgehead atoms. The van der Waals surface area contributed by atoms with Crippen molar-refractivity contribution < 1.29 is 0 Å². The molecule has 1 saturated carbocycles. The van der Waals surface area contributed by atoms with E-state index in [4.69, 9.17) is 4.99 Å². The summed E-state index contributed by atoms with van der Waals surface area (Å²) in [4.78, 5) is 11.5. The van der Waals surface area contributed by atoms with Crippen LogP contribution in [0.3, 0.4) is 0 Å². The Kier molecular flexibility index (Phi) is 8.82. The molecule has 1 aromatic rings. The van der Waals surface area contributed by atoms with Crippen LogP contribution in [0.25, 0.3) is 0 Å². The normalized spacial score (nSPS) is 21.0. The van der Waals surface area contributed by atoms with E-state index < -0.39 is 0 Å². The summed E-state index contributed by atoms with van der Waals surface area (Å²) >= 11 is 0. The van der Waals surface area contributed by atoms with Crippen molar-refractivity contribution >= 4 is 18.2 Å². The van der Waals surface area contributed by atoms with Gasteiger partial charge in [-0.15, -0.1) is 0 Å². The van der Waals surface area contributed by atoms with Crippen molar-refractivity contribution in [3.63, 3.8) is 0 Å². The summed E-state index contributed by atoms with van der Waals surface area (Å²) in [6.45, 7) is 11.1. The highest BCUT2D eigenvalue weighted by Crippen LogP contribution is 2.26. The van der Waals surface area contributed by atoms with Gasteiger partial charge in [-0.3, -0.25) is 9.98 Å². The van der Waals surface area contributed by atoms with Gasteiger partial charge in [-0.2, -0.15) is 0 Å². The van der Waals surface area contributed by atoms with Crippen LogP contribution in [0.15, 0.2) is 34.3 Å². The molecule has 26 heavy (non-hydrogen) atoms. The van der Waals surface area contributed by atoms with Gasteiger partial charge in [-0.25, -0.2) is 0 Å². The molecule has 144 valence electrons. The van der Waals surface area contributed by atoms with Gasteiger partial charge in [0.2, 0.25) is 0 Å². The maximum absolute atomic E-state index is 4.81. The molecular formula is C22H36N4. The van der Waals surface area contributed by atoms with E-state index in [2.05, 4.69) is 48.9 Å². The van der Waals surface area contributed by atoms with Crippen molar-refractivity contribution in [3.8, 4) is 0 Å². The van der Waals surface area contributed by atoms with Crippen LogP contribution in [-0.2, 0) is 0 Å². The van der Waals surface area contributed by atoms with Crippen molar-refractivity contribution in [3.05, 3.63) is 29.8 Å². The Morgan fingerprint density at radius 2 is 1.96 bits per heavy atom. The summed E-state index contributed by atoms with van der Waals surface area (Å²) in [5, 5.41) is 3.57. The third kappa shape index (κ3) is 6.24. The number of aliphatic imine (C=N–C) groups is 2. The first-order chi connectivity index (χ1) is 12.7. The molecule has 0 aliphatic heterocycles. The number of para-hydroxylation sites is 1. The first-order valence-electron chi connectivity index (χ1n) is 10.2. The number of nitrogens with zero attached hydrogens (tertiary/aromatic N) is 3. The molecule has 4 nitrogen and oxygen atoms in total. The zero-order valence-electron chi connectivity index (χ0n) is 16.9. The quantitative estimate of drug-likeness (QED) is 0.397. The fraction of sp³-hybridized carbons (Fsp3) is 0.636. The van der Waals surface area contributed by atoms with E-state index in [1.165, 1.54) is 25.7 Å². The van der Waals surface area contributed by atoms with Crippen LogP contribution in [0.1, 0.15) is 57.9 Å². The molecule has 4 heteroatoms. The van der Waals surface area contributed by atoms with Gasteiger partial charge in [0, 0.05) is 31.2 Å². The maximum atomic E-state index is 4.81. The van der Waals surface area contributed by atoms with Crippen LogP contribution in [0.2, 0.25) is 0 Å². The fourth-order valence-corrected chi connectivity index (χ4v) is 3.61. The first kappa shape index (κ1) is 20.6. The van der Waals surface area contributed by atoms with Crippen LogP contribution in [0.4, 0.5) is 5.69 Å². The largest absolute Gasteiger partial charge is 0.369 e. The molecule has 0 spiro atoms. The van der Waals surface area contributed by atoms with Gasteiger partial charge in [0.25, 0.3) is 0 Å². The van der Waals surface area contributed by atoms with Crippen molar-refractivity contribution in [2.75, 3.05) is 26.7 Å². The average Bonchev–Trinajstić information content (AvgIpc) is 2.67. The second-order valence-electron chi connectivity index (χ2n) is 7.58. The van der Waals surface area contributed by atoms with Gasteiger partial charge in [-0.1, -0.05) is 32.4 Å². The Morgan fingerprint density at radius 1 is 1.23 bits per heavy atom. The van der Waals surface area contributed by atoms with E-state index in [1.54, 1.807) is 0 Å². The Bertz CT molecular complexity index is 573. The number of likely N-dealkylation sites (N-methyl/N-ethyl adjacent to an activating group) is 1. The summed E-state index contributed by atoms with van der Waals surface area (Å²) in [6, 6.07) is 8.84. The third-order valence-electron chi connectivity index (χ3n) is 5.48. The molecule has 0 atom stereocenters. The predicted octanol–water partition coefficient (Wildman–Crippen LogP) is 4.67. The van der Waals surface area contributed by atoms with E-state index in [-0.39, 0.29) is 0 Å². The van der Waals surface area contributed by atoms with Crippen molar-refractivity contribution in [2.45, 2.75) is 58.4 Å². The molecule has 0 radical (unpaired) electrons. The van der Waals surface area contributed by atoms with Crippen LogP contribution < -0.4 is 5.32 Å². The maximum Gasteiger partial charge on any atom is 0.130 e. The SMILES string of the molecule is C=Nc1ccccc1C(=NCCCC)NCCN(C)C1CCC(C)CC1. The van der Waals surface area contributed by atoms with E-state index >= 15 is 0 Å². The lowest BCUT2D eigenvalue weighted by Gasteiger charge is -2.33. The number of benzene rings is 1. The summed E-state index contributed by atoms with van der Waals surface area (Å²) in [6.07, 6.45) is 7.65. The van der Waals surface area contributed by atoms with Gasteiger partial charge < -0.3 is 10.2 Å². The number of nitrogens with one attached hydrogen (secondary N) is 1. The molecule has 0 aromatic heterocycles. The number of rotatable bonds is 9. The molecule has 2 rings (SSSR count). The first-order valence-corrected chi connectivity index (χ1v) is 10.2. The molecule has 0 heterocycles. The minimum atomic E-state index is 0.732. The van der Waals surface area contributed by atoms with Crippen LogP contribution in [0, 0.1) is 5.92 Å². The van der Waals surface area contributed by atoms with Crippen molar-refractivity contribution in [1.82, 2.24) is 10.2 Å². The van der Waals surface area contributed by atoms with Gasteiger partial charge in [-0.05, 0) is 63.9 Å². The second-order valence-corrected chi connectivity index (χ2v) is 7.58. The summed E-state index contributed by atoms with van der Waals surface area (Å²) in [7, 11) is 2.26. The lowest BCUT2D eigenvalue weighted by molar-refractivity contribution is 0.173. The summed E-state index contributed by atoms with van der Waals surface area (Å²) in [5.74, 6) is 1.85. The minimum absolute atomic E-state index is 0.732. The fourth-order valence-electron chi connectivity index (χ4n) is 3.61. The molecular weight excluding hydrogens is 320 g/mol. The summed E-state index contributed by atoms with van der Waals surface area (Å²) in [5.41, 5.74) is 1.94. The standard InChI is InChI=1S/C22H36N4/c1-5-6-15-24-22(20-9-7-8-10-21(20)23-3)25-16-17-26(4)19-13-11-18(2)12-14-19/h7-10,18-19H,3,5-6,11-17H2,1-2,4H3,(H,24,25). The molecule has 1 aromatic carbocycles. The van der Waals surface area contributed by atoms with Gasteiger partial charge in [0.1, 0.15) is 5.84 Å². The number of hydrogen-bond donors (Lipinski definition) is 1. The van der Waals surface area contributed by atoms with Crippen LogP contribution in [0.5, 0.6) is 0 Å². The molecule has 1 N–H and O–H groups in total. The molecule has 0 unspecified atom stereocenters. The molecule has 0 amide bonds. The molecule has 0 saturated heterocycles. The predicted molar refractivity (Wildman–Crippen MR) is 114 cm³/mol. The Morgan fingerprint density at radius 3 is 2.65 bits per heavy atom. The monoisotopic (exact) mass is 356 g/mol. The minimum Gasteiger partial charge on any atom is -0.369 e. The molecule has 1 aliphatic rings.